The number of unbranched alkanes of at least 4 members (excludes halogenated alkanes) is 55. The van der Waals surface area contributed by atoms with Crippen molar-refractivity contribution >= 4 is 5.91 Å². The molecule has 9 nitrogen and oxygen atoms in total. The van der Waals surface area contributed by atoms with Gasteiger partial charge in [0, 0.05) is 6.42 Å². The van der Waals surface area contributed by atoms with E-state index in [9.17, 15) is 30.3 Å². The fraction of sp³-hybridized carbons (Fsp3) is 0.986. The lowest BCUT2D eigenvalue weighted by atomic mass is 9.99. The first kappa shape index (κ1) is 77.2. The number of aliphatic hydroxyl groups is 5. The summed E-state index contributed by atoms with van der Waals surface area (Å²) >= 11 is 0. The first-order valence-corrected chi connectivity index (χ1v) is 36.2. The normalized spacial score (nSPS) is 18.3. The van der Waals surface area contributed by atoms with Gasteiger partial charge in [0.1, 0.15) is 24.4 Å². The molecule has 1 amide bonds. The van der Waals surface area contributed by atoms with Gasteiger partial charge in [-0.2, -0.15) is 0 Å². The fourth-order valence-corrected chi connectivity index (χ4v) is 12.3. The molecule has 1 aliphatic rings. The standard InChI is InChI=1S/C71H141NO8/c1-3-5-7-9-11-13-15-17-19-21-23-25-27-29-30-31-32-33-34-35-37-39-41-43-45-47-49-51-53-55-57-59-61-67(75)72-64(63-79-71-70(78)69(77)68(76)66(62-73)80-71)65(74)60-58-56-54-52-50-48-46-44-42-40-38-36-28-26-24-22-20-18-16-14-12-10-8-6-4-2/h64-66,68-71,73-74,76-78H,3-63H2,1-2H3,(H,72,75). The molecule has 6 N–H and O–H groups in total. The molecule has 1 rings (SSSR count). The van der Waals surface area contributed by atoms with Crippen LogP contribution in [-0.4, -0.2) is 87.5 Å². The van der Waals surface area contributed by atoms with Crippen LogP contribution in [0.4, 0.5) is 0 Å². The van der Waals surface area contributed by atoms with Crippen molar-refractivity contribution in [2.75, 3.05) is 13.2 Å². The average Bonchev–Trinajstić information content (AvgIpc) is 3.46. The van der Waals surface area contributed by atoms with Gasteiger partial charge in [-0.1, -0.05) is 373 Å². The molecule has 80 heavy (non-hydrogen) atoms. The van der Waals surface area contributed by atoms with E-state index in [-0.39, 0.29) is 12.5 Å². The van der Waals surface area contributed by atoms with Crippen LogP contribution < -0.4 is 5.32 Å². The lowest BCUT2D eigenvalue weighted by Gasteiger charge is -2.40. The highest BCUT2D eigenvalue weighted by Gasteiger charge is 2.44. The van der Waals surface area contributed by atoms with Gasteiger partial charge >= 0.3 is 0 Å². The lowest BCUT2D eigenvalue weighted by Crippen LogP contribution is -2.60. The largest absolute Gasteiger partial charge is 0.394 e. The molecule has 0 aliphatic carbocycles. The van der Waals surface area contributed by atoms with E-state index >= 15 is 0 Å². The van der Waals surface area contributed by atoms with Crippen LogP contribution in [0.3, 0.4) is 0 Å². The zero-order valence-corrected chi connectivity index (χ0v) is 53.6. The van der Waals surface area contributed by atoms with Gasteiger partial charge in [-0.25, -0.2) is 0 Å². The Morgan fingerprint density at radius 3 is 0.887 bits per heavy atom. The Morgan fingerprint density at radius 2 is 0.625 bits per heavy atom. The number of carbonyl (C=O) groups excluding carboxylic acids is 1. The van der Waals surface area contributed by atoms with E-state index in [1.165, 1.54) is 327 Å². The van der Waals surface area contributed by atoms with E-state index < -0.39 is 49.5 Å². The highest BCUT2D eigenvalue weighted by atomic mass is 16.7. The van der Waals surface area contributed by atoms with Gasteiger partial charge in [0.2, 0.25) is 5.91 Å². The molecule has 1 aliphatic heterocycles. The van der Waals surface area contributed by atoms with Gasteiger partial charge in [-0.15, -0.1) is 0 Å². The van der Waals surface area contributed by atoms with Gasteiger partial charge in [0.05, 0.1) is 25.4 Å². The van der Waals surface area contributed by atoms with Crippen molar-refractivity contribution in [1.29, 1.82) is 0 Å². The number of nitrogens with one attached hydrogen (secondary N) is 1. The Hall–Kier alpha value is -0.810. The van der Waals surface area contributed by atoms with E-state index in [1.54, 1.807) is 0 Å². The van der Waals surface area contributed by atoms with E-state index in [0.29, 0.717) is 12.8 Å². The van der Waals surface area contributed by atoms with Crippen LogP contribution in [0.5, 0.6) is 0 Å². The molecule has 0 saturated carbocycles. The minimum Gasteiger partial charge on any atom is -0.394 e. The minimum atomic E-state index is -1.55. The van der Waals surface area contributed by atoms with E-state index in [0.717, 1.165) is 38.5 Å². The quantitative estimate of drug-likeness (QED) is 0.0330. The second-order valence-corrected chi connectivity index (χ2v) is 25.8. The van der Waals surface area contributed by atoms with Gasteiger partial charge in [-0.05, 0) is 12.8 Å². The van der Waals surface area contributed by atoms with Gasteiger partial charge in [0.25, 0.3) is 0 Å². The summed E-state index contributed by atoms with van der Waals surface area (Å²) in [5, 5.41) is 55.0. The molecule has 1 saturated heterocycles. The van der Waals surface area contributed by atoms with Crippen LogP contribution in [0.25, 0.3) is 0 Å². The predicted octanol–water partition coefficient (Wildman–Crippen LogP) is 19.7. The van der Waals surface area contributed by atoms with Crippen LogP contribution in [0, 0.1) is 0 Å². The maximum absolute atomic E-state index is 13.2. The molecular formula is C71H141NO8. The summed E-state index contributed by atoms with van der Waals surface area (Å²) in [6.45, 7) is 3.91. The Morgan fingerprint density at radius 1 is 0.375 bits per heavy atom. The molecule has 9 heteroatoms. The maximum atomic E-state index is 13.2. The van der Waals surface area contributed by atoms with Crippen LogP contribution in [0.15, 0.2) is 0 Å². The van der Waals surface area contributed by atoms with Crippen LogP contribution >= 0.6 is 0 Å². The highest BCUT2D eigenvalue weighted by Crippen LogP contribution is 2.24. The van der Waals surface area contributed by atoms with E-state index in [4.69, 9.17) is 9.47 Å². The summed E-state index contributed by atoms with van der Waals surface area (Å²) in [5.74, 6) is -0.133. The Bertz CT molecular complexity index is 1220. The van der Waals surface area contributed by atoms with E-state index in [1.807, 2.05) is 0 Å². The first-order valence-electron chi connectivity index (χ1n) is 36.2. The summed E-state index contributed by atoms with van der Waals surface area (Å²) in [4.78, 5) is 13.2. The number of rotatable bonds is 65. The molecule has 0 bridgehead atoms. The molecule has 1 heterocycles. The molecule has 0 aromatic carbocycles. The number of carbonyl (C=O) groups is 1. The Kier molecular flexibility index (Phi) is 59.1. The average molecular weight is 1140 g/mol. The maximum Gasteiger partial charge on any atom is 0.220 e. The number of aliphatic hydroxyl groups excluding tert-OH is 5. The summed E-state index contributed by atoms with van der Waals surface area (Å²) in [6, 6.07) is -0.715. The number of hydrogen-bond donors (Lipinski definition) is 6. The fourth-order valence-electron chi connectivity index (χ4n) is 12.3. The zero-order valence-electron chi connectivity index (χ0n) is 53.6. The zero-order chi connectivity index (χ0) is 57.9. The summed E-state index contributed by atoms with van der Waals surface area (Å²) in [5.41, 5.74) is 0. The van der Waals surface area contributed by atoms with Crippen molar-refractivity contribution in [1.82, 2.24) is 5.32 Å². The van der Waals surface area contributed by atoms with Crippen molar-refractivity contribution < 1.29 is 39.8 Å². The van der Waals surface area contributed by atoms with Crippen molar-refractivity contribution in [2.24, 2.45) is 0 Å². The molecule has 0 aromatic heterocycles. The molecule has 0 radical (unpaired) electrons. The highest BCUT2D eigenvalue weighted by molar-refractivity contribution is 5.76. The SMILES string of the molecule is CCCCCCCCCCCCCCCCCCCCCCCCCCCCCCCCCCC(=O)NC(COC1OC(CO)C(O)C(O)C1O)C(O)CCCCCCCCCCCCCCCCCCCCCCCCCCC. The predicted molar refractivity (Wildman–Crippen MR) is 341 cm³/mol. The molecule has 7 atom stereocenters. The second kappa shape index (κ2) is 61.3. The van der Waals surface area contributed by atoms with Gasteiger partial charge in [-0.3, -0.25) is 4.79 Å². The lowest BCUT2D eigenvalue weighted by molar-refractivity contribution is -0.302. The molecule has 478 valence electrons. The third-order valence-electron chi connectivity index (χ3n) is 18.0. The summed E-state index contributed by atoms with van der Waals surface area (Å²) in [7, 11) is 0. The van der Waals surface area contributed by atoms with Crippen LogP contribution in [0.2, 0.25) is 0 Å². The van der Waals surface area contributed by atoms with Gasteiger partial charge < -0.3 is 40.3 Å². The first-order chi connectivity index (χ1) is 39.3. The van der Waals surface area contributed by atoms with Gasteiger partial charge in [0.15, 0.2) is 6.29 Å². The van der Waals surface area contributed by atoms with Crippen molar-refractivity contribution in [3.63, 3.8) is 0 Å². The third-order valence-corrected chi connectivity index (χ3v) is 18.0. The third kappa shape index (κ3) is 49.5. The molecule has 0 spiro atoms. The number of amides is 1. The number of ether oxygens (including phenoxy) is 2. The second-order valence-electron chi connectivity index (χ2n) is 25.8. The number of hydrogen-bond acceptors (Lipinski definition) is 8. The molecule has 1 fully saturated rings. The topological polar surface area (TPSA) is 149 Å². The van der Waals surface area contributed by atoms with E-state index in [2.05, 4.69) is 19.2 Å². The van der Waals surface area contributed by atoms with Crippen molar-refractivity contribution in [3.05, 3.63) is 0 Å². The molecule has 7 unspecified atom stereocenters. The summed E-state index contributed by atoms with van der Waals surface area (Å²) in [6.07, 6.45) is 70.4. The monoisotopic (exact) mass is 1140 g/mol. The molecule has 0 aromatic rings. The van der Waals surface area contributed by atoms with Crippen molar-refractivity contribution in [2.45, 2.75) is 436 Å². The summed E-state index contributed by atoms with van der Waals surface area (Å²) < 4.78 is 11.4. The minimum absolute atomic E-state index is 0.130. The van der Waals surface area contributed by atoms with Crippen molar-refractivity contribution in [3.8, 4) is 0 Å². The van der Waals surface area contributed by atoms with Crippen LogP contribution in [-0.2, 0) is 14.3 Å². The molecular weight excluding hydrogens is 995 g/mol. The smallest absolute Gasteiger partial charge is 0.220 e. The van der Waals surface area contributed by atoms with Crippen LogP contribution in [0.1, 0.15) is 393 Å². The Labute approximate surface area is 497 Å². The Balaban J connectivity index is 2.07.